The molecule has 230 valence electrons. The first kappa shape index (κ1) is 32.4. The van der Waals surface area contributed by atoms with Gasteiger partial charge in [-0.25, -0.2) is 12.8 Å². The number of benzene rings is 4. The summed E-state index contributed by atoms with van der Waals surface area (Å²) in [5.41, 5.74) is 2.46. The molecular weight excluding hydrogens is 577 g/mol. The highest BCUT2D eigenvalue weighted by atomic mass is 32.2. The first-order valence-corrected chi connectivity index (χ1v) is 16.0. The molecule has 1 atom stereocenters. The molecule has 7 nitrogen and oxygen atoms in total. The highest BCUT2D eigenvalue weighted by Crippen LogP contribution is 2.27. The van der Waals surface area contributed by atoms with Gasteiger partial charge in [-0.2, -0.15) is 0 Å². The first-order chi connectivity index (χ1) is 21.1. The van der Waals surface area contributed by atoms with Crippen molar-refractivity contribution in [1.29, 1.82) is 0 Å². The number of aryl methyl sites for hydroxylation is 1. The van der Waals surface area contributed by atoms with Gasteiger partial charge in [0, 0.05) is 19.5 Å². The van der Waals surface area contributed by atoms with Gasteiger partial charge in [-0.1, -0.05) is 92.7 Å². The lowest BCUT2D eigenvalue weighted by Gasteiger charge is -2.34. The highest BCUT2D eigenvalue weighted by molar-refractivity contribution is 7.92. The number of para-hydroxylation sites is 1. The Hall–Kier alpha value is -4.50. The summed E-state index contributed by atoms with van der Waals surface area (Å²) in [4.78, 5) is 29.6. The third kappa shape index (κ3) is 8.32. The number of amides is 2. The Labute approximate surface area is 259 Å². The van der Waals surface area contributed by atoms with Gasteiger partial charge in [0.2, 0.25) is 11.8 Å². The molecule has 4 aromatic rings. The van der Waals surface area contributed by atoms with Gasteiger partial charge in [-0.05, 0) is 59.9 Å². The molecule has 0 fully saturated rings. The molecule has 2 amide bonds. The third-order valence-electron chi connectivity index (χ3n) is 7.22. The SMILES string of the molecule is Cc1ccccc1N(CC(=O)N(Cc1ccc(F)cc1)[C@@H](Cc1ccccc1)C(=O)NCC(C)C)S(=O)(=O)c1ccccc1. The highest BCUT2D eigenvalue weighted by Gasteiger charge is 2.35. The summed E-state index contributed by atoms with van der Waals surface area (Å²) >= 11 is 0. The first-order valence-electron chi connectivity index (χ1n) is 14.5. The van der Waals surface area contributed by atoms with E-state index in [1.54, 1.807) is 61.5 Å². The van der Waals surface area contributed by atoms with Crippen molar-refractivity contribution in [2.24, 2.45) is 5.92 Å². The molecule has 9 heteroatoms. The fourth-order valence-electron chi connectivity index (χ4n) is 4.84. The van der Waals surface area contributed by atoms with Crippen LogP contribution >= 0.6 is 0 Å². The van der Waals surface area contributed by atoms with Crippen LogP contribution in [-0.2, 0) is 32.6 Å². The Morgan fingerprint density at radius 2 is 1.39 bits per heavy atom. The Kier molecular flexibility index (Phi) is 10.9. The second-order valence-electron chi connectivity index (χ2n) is 11.1. The smallest absolute Gasteiger partial charge is 0.264 e. The summed E-state index contributed by atoms with van der Waals surface area (Å²) in [6, 6.07) is 29.0. The zero-order valence-corrected chi connectivity index (χ0v) is 26.0. The van der Waals surface area contributed by atoms with Crippen molar-refractivity contribution in [1.82, 2.24) is 10.2 Å². The fourth-order valence-corrected chi connectivity index (χ4v) is 6.34. The second-order valence-corrected chi connectivity index (χ2v) is 13.0. The van der Waals surface area contributed by atoms with Crippen LogP contribution < -0.4 is 9.62 Å². The van der Waals surface area contributed by atoms with E-state index in [1.165, 1.54) is 29.2 Å². The van der Waals surface area contributed by atoms with Gasteiger partial charge in [0.05, 0.1) is 10.6 Å². The number of sulfonamides is 1. The quantitative estimate of drug-likeness (QED) is 0.208. The number of rotatable bonds is 13. The molecule has 1 N–H and O–H groups in total. The van der Waals surface area contributed by atoms with Crippen LogP contribution in [0.15, 0.2) is 114 Å². The number of carbonyl (C=O) groups excluding carboxylic acids is 2. The van der Waals surface area contributed by atoms with Crippen LogP contribution in [-0.4, -0.2) is 44.3 Å². The molecule has 0 aliphatic rings. The minimum absolute atomic E-state index is 0.0291. The lowest BCUT2D eigenvalue weighted by atomic mass is 10.0. The molecule has 4 rings (SSSR count). The van der Waals surface area contributed by atoms with Gasteiger partial charge in [-0.15, -0.1) is 0 Å². The normalized spacial score (nSPS) is 12.0. The Balaban J connectivity index is 1.79. The summed E-state index contributed by atoms with van der Waals surface area (Å²) in [5.74, 6) is -1.18. The van der Waals surface area contributed by atoms with Crippen molar-refractivity contribution in [2.75, 3.05) is 17.4 Å². The minimum atomic E-state index is -4.17. The maximum atomic E-state index is 14.4. The zero-order chi connectivity index (χ0) is 31.7. The molecule has 0 spiro atoms. The number of nitrogens with zero attached hydrogens (tertiary/aromatic N) is 2. The summed E-state index contributed by atoms with van der Waals surface area (Å²) < 4.78 is 43.0. The monoisotopic (exact) mass is 615 g/mol. The van der Waals surface area contributed by atoms with E-state index >= 15 is 0 Å². The molecule has 0 saturated carbocycles. The van der Waals surface area contributed by atoms with Gasteiger partial charge in [0.25, 0.3) is 10.0 Å². The van der Waals surface area contributed by atoms with E-state index in [4.69, 9.17) is 0 Å². The van der Waals surface area contributed by atoms with E-state index in [-0.39, 0.29) is 29.7 Å². The Bertz CT molecular complexity index is 1650. The number of carbonyl (C=O) groups is 2. The standard InChI is InChI=1S/C35H38FN3O4S/c1-26(2)23-37-35(41)33(22-28-13-6-4-7-14-28)38(24-29-18-20-30(36)21-19-29)34(40)25-39(32-17-11-10-12-27(32)3)44(42,43)31-15-8-5-9-16-31/h4-21,26,33H,22-25H2,1-3H3,(H,37,41)/t33-/m0/s1. The van der Waals surface area contributed by atoms with E-state index in [0.29, 0.717) is 23.4 Å². The van der Waals surface area contributed by atoms with Crippen LogP contribution in [0.1, 0.15) is 30.5 Å². The van der Waals surface area contributed by atoms with Gasteiger partial charge < -0.3 is 10.2 Å². The van der Waals surface area contributed by atoms with Crippen molar-refractivity contribution in [3.8, 4) is 0 Å². The Morgan fingerprint density at radius 1 is 0.795 bits per heavy atom. The maximum Gasteiger partial charge on any atom is 0.264 e. The van der Waals surface area contributed by atoms with E-state index in [1.807, 2.05) is 44.2 Å². The maximum absolute atomic E-state index is 14.4. The lowest BCUT2D eigenvalue weighted by molar-refractivity contribution is -0.140. The van der Waals surface area contributed by atoms with Crippen molar-refractivity contribution in [3.63, 3.8) is 0 Å². The predicted octanol–water partition coefficient (Wildman–Crippen LogP) is 5.74. The molecule has 0 aromatic heterocycles. The molecule has 0 bridgehead atoms. The lowest BCUT2D eigenvalue weighted by Crippen LogP contribution is -2.53. The van der Waals surface area contributed by atoms with Gasteiger partial charge in [-0.3, -0.25) is 13.9 Å². The Morgan fingerprint density at radius 3 is 2.00 bits per heavy atom. The van der Waals surface area contributed by atoms with Crippen LogP contribution in [0.25, 0.3) is 0 Å². The topological polar surface area (TPSA) is 86.8 Å². The summed E-state index contributed by atoms with van der Waals surface area (Å²) in [6.07, 6.45) is 0.202. The van der Waals surface area contributed by atoms with E-state index < -0.39 is 34.3 Å². The molecular formula is C35H38FN3O4S. The van der Waals surface area contributed by atoms with Gasteiger partial charge in [0.15, 0.2) is 0 Å². The van der Waals surface area contributed by atoms with Gasteiger partial charge >= 0.3 is 0 Å². The van der Waals surface area contributed by atoms with Crippen LogP contribution in [0.2, 0.25) is 0 Å². The molecule has 4 aromatic carbocycles. The van der Waals surface area contributed by atoms with Crippen LogP contribution in [0.5, 0.6) is 0 Å². The van der Waals surface area contributed by atoms with Crippen molar-refractivity contribution < 1.29 is 22.4 Å². The molecule has 0 radical (unpaired) electrons. The molecule has 0 aliphatic carbocycles. The van der Waals surface area contributed by atoms with Crippen LogP contribution in [0.3, 0.4) is 0 Å². The molecule has 0 heterocycles. The van der Waals surface area contributed by atoms with Crippen molar-refractivity contribution in [2.45, 2.75) is 44.7 Å². The van der Waals surface area contributed by atoms with E-state index in [0.717, 1.165) is 9.87 Å². The number of nitrogens with one attached hydrogen (secondary N) is 1. The van der Waals surface area contributed by atoms with Crippen LogP contribution in [0.4, 0.5) is 10.1 Å². The number of halogens is 1. The number of hydrogen-bond acceptors (Lipinski definition) is 4. The van der Waals surface area contributed by atoms with E-state index in [9.17, 15) is 22.4 Å². The average Bonchev–Trinajstić information content (AvgIpc) is 3.02. The molecule has 44 heavy (non-hydrogen) atoms. The molecule has 0 saturated heterocycles. The summed E-state index contributed by atoms with van der Waals surface area (Å²) in [5, 5.41) is 2.96. The third-order valence-corrected chi connectivity index (χ3v) is 8.99. The predicted molar refractivity (Wildman–Crippen MR) is 171 cm³/mol. The van der Waals surface area contributed by atoms with Crippen molar-refractivity contribution >= 4 is 27.5 Å². The second kappa shape index (κ2) is 14.8. The van der Waals surface area contributed by atoms with Crippen molar-refractivity contribution in [3.05, 3.63) is 132 Å². The largest absolute Gasteiger partial charge is 0.354 e. The summed E-state index contributed by atoms with van der Waals surface area (Å²) in [7, 11) is -4.17. The van der Waals surface area contributed by atoms with Crippen LogP contribution in [0, 0.1) is 18.7 Å². The average molecular weight is 616 g/mol. The number of hydrogen-bond donors (Lipinski definition) is 1. The fraction of sp³-hybridized carbons (Fsp3) is 0.257. The molecule has 0 unspecified atom stereocenters. The van der Waals surface area contributed by atoms with Gasteiger partial charge in [0.1, 0.15) is 18.4 Å². The minimum Gasteiger partial charge on any atom is -0.354 e. The van der Waals surface area contributed by atoms with E-state index in [2.05, 4.69) is 5.32 Å². The number of anilines is 1. The summed E-state index contributed by atoms with van der Waals surface area (Å²) in [6.45, 7) is 5.55. The molecule has 0 aliphatic heterocycles. The zero-order valence-electron chi connectivity index (χ0n) is 25.2.